The van der Waals surface area contributed by atoms with Gasteiger partial charge in [-0.1, -0.05) is 6.08 Å². The molecule has 1 aromatic heterocycles. The van der Waals surface area contributed by atoms with Crippen molar-refractivity contribution in [1.29, 1.82) is 0 Å². The van der Waals surface area contributed by atoms with E-state index in [2.05, 4.69) is 10.8 Å². The number of aromatic nitrogens is 2. The molecule has 1 aliphatic carbocycles. The zero-order valence-corrected chi connectivity index (χ0v) is 14.4. The summed E-state index contributed by atoms with van der Waals surface area (Å²) in [5, 5.41) is 8.70. The number of halogens is 3. The van der Waals surface area contributed by atoms with Gasteiger partial charge in [0.05, 0.1) is 16.3 Å². The molecule has 5 nitrogen and oxygen atoms in total. The first-order valence-electron chi connectivity index (χ1n) is 7.49. The van der Waals surface area contributed by atoms with E-state index in [0.717, 1.165) is 16.3 Å². The highest BCUT2D eigenvalue weighted by molar-refractivity contribution is 7.89. The standard InChI is InChI=1S/C17H14F3N3O2S/c1-11-2-4-12(5-3-11)15-10-16(17(18,19)20)22-23(15)13-6-8-14(9-7-13)26(21,24)25/h4-10H,2H2,1H3,(H2,21,24,25). The van der Waals surface area contributed by atoms with Crippen molar-refractivity contribution in [3.63, 3.8) is 0 Å². The van der Waals surface area contributed by atoms with E-state index in [1.165, 1.54) is 24.3 Å². The fourth-order valence-electron chi connectivity index (χ4n) is 2.46. The third-order valence-electron chi connectivity index (χ3n) is 3.81. The molecule has 2 N–H and O–H groups in total. The highest BCUT2D eigenvalue weighted by Crippen LogP contribution is 2.33. The highest BCUT2D eigenvalue weighted by Gasteiger charge is 2.35. The Bertz CT molecular complexity index is 1060. The van der Waals surface area contributed by atoms with Gasteiger partial charge < -0.3 is 0 Å². The molecular weight excluding hydrogens is 367 g/mol. The number of primary sulfonamides is 1. The molecule has 0 saturated heterocycles. The van der Waals surface area contributed by atoms with E-state index >= 15 is 0 Å². The zero-order valence-electron chi connectivity index (χ0n) is 13.6. The first kappa shape index (κ1) is 18.2. The van der Waals surface area contributed by atoms with Crippen molar-refractivity contribution in [3.05, 3.63) is 65.2 Å². The number of hydrogen-bond donors (Lipinski definition) is 1. The van der Waals surface area contributed by atoms with Crippen molar-refractivity contribution in [2.45, 2.75) is 24.4 Å². The van der Waals surface area contributed by atoms with E-state index in [9.17, 15) is 21.6 Å². The maximum Gasteiger partial charge on any atom is 0.435 e. The van der Waals surface area contributed by atoms with Crippen molar-refractivity contribution in [3.8, 4) is 5.69 Å². The van der Waals surface area contributed by atoms with Crippen LogP contribution in [-0.4, -0.2) is 18.2 Å². The second-order valence-corrected chi connectivity index (χ2v) is 7.36. The number of nitrogens with two attached hydrogens (primary N) is 1. The minimum absolute atomic E-state index is 0.138. The van der Waals surface area contributed by atoms with E-state index in [4.69, 9.17) is 5.14 Å². The van der Waals surface area contributed by atoms with Crippen LogP contribution in [0.1, 0.15) is 24.7 Å². The van der Waals surface area contributed by atoms with Crippen LogP contribution in [0.2, 0.25) is 0 Å². The van der Waals surface area contributed by atoms with Gasteiger partial charge >= 0.3 is 6.18 Å². The Morgan fingerprint density at radius 2 is 1.88 bits per heavy atom. The summed E-state index contributed by atoms with van der Waals surface area (Å²) in [6.07, 6.45) is -0.641. The van der Waals surface area contributed by atoms with Crippen LogP contribution in [0.3, 0.4) is 0 Å². The lowest BCUT2D eigenvalue weighted by atomic mass is 10.0. The molecule has 0 amide bonds. The normalized spacial score (nSPS) is 15.0. The molecule has 1 aromatic carbocycles. The SMILES string of the molecule is CC1=C=CC(c2cc(C(F)(F)F)nn2-c2ccc(S(N)(=O)=O)cc2)=CC1. The molecule has 0 aliphatic heterocycles. The lowest BCUT2D eigenvalue weighted by molar-refractivity contribution is -0.141. The quantitative estimate of drug-likeness (QED) is 0.828. The van der Waals surface area contributed by atoms with Crippen molar-refractivity contribution in [2.24, 2.45) is 5.14 Å². The molecular formula is C17H14F3N3O2S. The maximum atomic E-state index is 13.1. The van der Waals surface area contributed by atoms with E-state index in [1.807, 2.05) is 6.92 Å². The summed E-state index contributed by atoms with van der Waals surface area (Å²) in [6.45, 7) is 1.87. The van der Waals surface area contributed by atoms with Crippen molar-refractivity contribution >= 4 is 15.6 Å². The van der Waals surface area contributed by atoms with Gasteiger partial charge in [0, 0.05) is 5.57 Å². The van der Waals surface area contributed by atoms with E-state index in [0.29, 0.717) is 12.0 Å². The predicted octanol–water partition coefficient (Wildman–Crippen LogP) is 3.43. The van der Waals surface area contributed by atoms with Gasteiger partial charge in [0.15, 0.2) is 5.69 Å². The number of hydrogen-bond acceptors (Lipinski definition) is 3. The molecule has 1 heterocycles. The van der Waals surface area contributed by atoms with Crippen molar-refractivity contribution in [2.75, 3.05) is 0 Å². The van der Waals surface area contributed by atoms with Crippen molar-refractivity contribution in [1.82, 2.24) is 9.78 Å². The molecule has 1 aliphatic rings. The summed E-state index contributed by atoms with van der Waals surface area (Å²) in [5.41, 5.74) is 3.99. The van der Waals surface area contributed by atoms with Crippen molar-refractivity contribution < 1.29 is 21.6 Å². The van der Waals surface area contributed by atoms with Gasteiger partial charge in [-0.3, -0.25) is 0 Å². The van der Waals surface area contributed by atoms with Crippen LogP contribution in [0.5, 0.6) is 0 Å². The summed E-state index contributed by atoms with van der Waals surface area (Å²) in [5.74, 6) is 0. The summed E-state index contributed by atoms with van der Waals surface area (Å²) >= 11 is 0. The summed E-state index contributed by atoms with van der Waals surface area (Å²) in [7, 11) is -3.90. The molecule has 0 saturated carbocycles. The Morgan fingerprint density at radius 1 is 1.23 bits per heavy atom. The number of rotatable bonds is 3. The summed E-state index contributed by atoms with van der Waals surface area (Å²) in [6, 6.07) is 6.10. The van der Waals surface area contributed by atoms with Gasteiger partial charge in [-0.2, -0.15) is 18.3 Å². The number of benzene rings is 1. The molecule has 0 spiro atoms. The van der Waals surface area contributed by atoms with E-state index < -0.39 is 21.9 Å². The first-order valence-corrected chi connectivity index (χ1v) is 9.03. The monoisotopic (exact) mass is 381 g/mol. The van der Waals surface area contributed by atoms with Crippen LogP contribution in [0.25, 0.3) is 11.3 Å². The predicted molar refractivity (Wildman–Crippen MR) is 89.8 cm³/mol. The molecule has 0 atom stereocenters. The molecule has 136 valence electrons. The third-order valence-corrected chi connectivity index (χ3v) is 4.74. The topological polar surface area (TPSA) is 78.0 Å². The summed E-state index contributed by atoms with van der Waals surface area (Å²) in [4.78, 5) is -0.138. The highest BCUT2D eigenvalue weighted by atomic mass is 32.2. The van der Waals surface area contributed by atoms with Gasteiger partial charge in [-0.15, -0.1) is 5.73 Å². The van der Waals surface area contributed by atoms with Crippen LogP contribution in [-0.2, 0) is 16.2 Å². The van der Waals surface area contributed by atoms with E-state index in [1.54, 1.807) is 12.2 Å². The third kappa shape index (κ3) is 3.65. The molecule has 3 rings (SSSR count). The van der Waals surface area contributed by atoms with Crippen LogP contribution in [0.15, 0.2) is 58.7 Å². The lowest BCUT2D eigenvalue weighted by Gasteiger charge is -2.10. The Kier molecular flexibility index (Phi) is 4.39. The largest absolute Gasteiger partial charge is 0.435 e. The van der Waals surface area contributed by atoms with Gasteiger partial charge in [0.25, 0.3) is 0 Å². The van der Waals surface area contributed by atoms with Gasteiger partial charge in [0.2, 0.25) is 10.0 Å². The Morgan fingerprint density at radius 3 is 2.38 bits per heavy atom. The molecule has 26 heavy (non-hydrogen) atoms. The van der Waals surface area contributed by atoms with Gasteiger partial charge in [-0.05, 0) is 55.3 Å². The number of alkyl halides is 3. The lowest BCUT2D eigenvalue weighted by Crippen LogP contribution is -2.12. The number of allylic oxidation sites excluding steroid dienone is 3. The molecule has 0 fully saturated rings. The molecule has 0 unspecified atom stereocenters. The fourth-order valence-corrected chi connectivity index (χ4v) is 2.97. The van der Waals surface area contributed by atoms with Crippen LogP contribution in [0.4, 0.5) is 13.2 Å². The number of sulfonamides is 1. The van der Waals surface area contributed by atoms with Crippen LogP contribution >= 0.6 is 0 Å². The average molecular weight is 381 g/mol. The first-order chi connectivity index (χ1) is 12.1. The molecule has 9 heteroatoms. The second kappa shape index (κ2) is 6.28. The van der Waals surface area contributed by atoms with Gasteiger partial charge in [-0.25, -0.2) is 18.2 Å². The van der Waals surface area contributed by atoms with Crippen LogP contribution in [0, 0.1) is 0 Å². The second-order valence-electron chi connectivity index (χ2n) is 5.80. The van der Waals surface area contributed by atoms with E-state index in [-0.39, 0.29) is 16.3 Å². The fraction of sp³-hybridized carbons (Fsp3) is 0.176. The Labute approximate surface area is 148 Å². The molecule has 2 aromatic rings. The number of nitrogens with zero attached hydrogens (tertiary/aromatic N) is 2. The minimum atomic E-state index is -4.61. The zero-order chi connectivity index (χ0) is 19.1. The van der Waals surface area contributed by atoms with Crippen LogP contribution < -0.4 is 5.14 Å². The smallest absolute Gasteiger partial charge is 0.232 e. The Hall–Kier alpha value is -2.61. The summed E-state index contributed by atoms with van der Waals surface area (Å²) < 4.78 is 63.2. The molecule has 0 radical (unpaired) electrons. The molecule has 0 bridgehead atoms. The maximum absolute atomic E-state index is 13.1. The average Bonchev–Trinajstić information content (AvgIpc) is 3.00. The minimum Gasteiger partial charge on any atom is -0.232 e. The van der Waals surface area contributed by atoms with Gasteiger partial charge in [0.1, 0.15) is 0 Å². The Balaban J connectivity index is 2.14.